The normalized spacial score (nSPS) is 12.3. The molecule has 0 spiro atoms. The molecule has 0 aromatic heterocycles. The fourth-order valence-corrected chi connectivity index (χ4v) is 2.64. The van der Waals surface area contributed by atoms with Gasteiger partial charge in [-0.25, -0.2) is 4.79 Å². The fourth-order valence-electron chi connectivity index (χ4n) is 2.64. The number of nitrogens with one attached hydrogen (secondary N) is 2. The van der Waals surface area contributed by atoms with Crippen molar-refractivity contribution in [3.8, 4) is 11.5 Å². The predicted octanol–water partition coefficient (Wildman–Crippen LogP) is 3.30. The summed E-state index contributed by atoms with van der Waals surface area (Å²) in [5.41, 5.74) is 0.398. The number of hydrogen-bond acceptors (Lipinski definition) is 5. The molecule has 0 bridgehead atoms. The molecular weight excluding hydrogens is 360 g/mol. The van der Waals surface area contributed by atoms with Gasteiger partial charge in [-0.1, -0.05) is 19.9 Å². The highest BCUT2D eigenvalue weighted by Crippen LogP contribution is 2.27. The van der Waals surface area contributed by atoms with Crippen LogP contribution in [0.1, 0.15) is 46.6 Å². The molecule has 0 saturated heterocycles. The van der Waals surface area contributed by atoms with Gasteiger partial charge in [0.25, 0.3) is 0 Å². The van der Waals surface area contributed by atoms with Crippen LogP contribution in [-0.2, 0) is 16.0 Å². The highest BCUT2D eigenvalue weighted by molar-refractivity contribution is 5.85. The van der Waals surface area contributed by atoms with E-state index in [1.165, 1.54) is 0 Å². The SMILES string of the molecule is COc1ccc(CCNC(=O)[C@@H](CC(C)C)NC(=O)OC(C)(C)C)cc1OC. The third kappa shape index (κ3) is 8.50. The smallest absolute Gasteiger partial charge is 0.408 e. The van der Waals surface area contributed by atoms with E-state index in [-0.39, 0.29) is 11.8 Å². The Hall–Kier alpha value is -2.44. The first-order chi connectivity index (χ1) is 13.1. The molecule has 0 fully saturated rings. The first-order valence-corrected chi connectivity index (χ1v) is 9.53. The number of amides is 2. The monoisotopic (exact) mass is 394 g/mol. The maximum absolute atomic E-state index is 12.6. The van der Waals surface area contributed by atoms with Crippen LogP contribution in [0.4, 0.5) is 4.79 Å². The van der Waals surface area contributed by atoms with E-state index in [9.17, 15) is 9.59 Å². The molecule has 0 unspecified atom stereocenters. The molecule has 2 N–H and O–H groups in total. The van der Waals surface area contributed by atoms with Crippen molar-refractivity contribution in [2.45, 2.75) is 59.1 Å². The van der Waals surface area contributed by atoms with Crippen molar-refractivity contribution in [2.24, 2.45) is 5.92 Å². The molecule has 1 atom stereocenters. The summed E-state index contributed by atoms with van der Waals surface area (Å²) in [7, 11) is 3.17. The zero-order chi connectivity index (χ0) is 21.3. The van der Waals surface area contributed by atoms with Crippen molar-refractivity contribution in [1.29, 1.82) is 0 Å². The summed E-state index contributed by atoms with van der Waals surface area (Å²) in [6.45, 7) is 9.80. The Kier molecular flexibility index (Phi) is 9.09. The maximum atomic E-state index is 12.6. The number of alkyl carbamates (subject to hydrolysis) is 1. The number of benzene rings is 1. The van der Waals surface area contributed by atoms with Gasteiger partial charge in [-0.3, -0.25) is 4.79 Å². The van der Waals surface area contributed by atoms with Crippen LogP contribution < -0.4 is 20.1 Å². The van der Waals surface area contributed by atoms with Crippen LogP contribution in [0.3, 0.4) is 0 Å². The number of carbonyl (C=O) groups is 2. The summed E-state index contributed by atoms with van der Waals surface area (Å²) < 4.78 is 15.8. The highest BCUT2D eigenvalue weighted by atomic mass is 16.6. The Morgan fingerprint density at radius 2 is 1.71 bits per heavy atom. The van der Waals surface area contributed by atoms with Crippen LogP contribution in [0, 0.1) is 5.92 Å². The summed E-state index contributed by atoms with van der Waals surface area (Å²) in [5, 5.41) is 5.57. The summed E-state index contributed by atoms with van der Waals surface area (Å²) in [6.07, 6.45) is 0.571. The van der Waals surface area contributed by atoms with E-state index in [2.05, 4.69) is 10.6 Å². The van der Waals surface area contributed by atoms with Crippen molar-refractivity contribution in [2.75, 3.05) is 20.8 Å². The van der Waals surface area contributed by atoms with Gasteiger partial charge in [0.2, 0.25) is 5.91 Å². The molecule has 0 aliphatic heterocycles. The van der Waals surface area contributed by atoms with Gasteiger partial charge in [0.15, 0.2) is 11.5 Å². The lowest BCUT2D eigenvalue weighted by Gasteiger charge is -2.24. The Morgan fingerprint density at radius 3 is 2.25 bits per heavy atom. The van der Waals surface area contributed by atoms with Gasteiger partial charge in [0, 0.05) is 6.54 Å². The lowest BCUT2D eigenvalue weighted by atomic mass is 10.0. The standard InChI is InChI=1S/C21H34N2O5/c1-14(2)12-16(23-20(25)28-21(3,4)5)19(24)22-11-10-15-8-9-17(26-6)18(13-15)27-7/h8-9,13-14,16H,10-12H2,1-7H3,(H,22,24)(H,23,25)/t16-/m1/s1. The minimum Gasteiger partial charge on any atom is -0.493 e. The topological polar surface area (TPSA) is 85.9 Å². The van der Waals surface area contributed by atoms with E-state index in [0.717, 1.165) is 5.56 Å². The first kappa shape index (κ1) is 23.6. The average Bonchev–Trinajstić information content (AvgIpc) is 2.58. The van der Waals surface area contributed by atoms with Gasteiger partial charge >= 0.3 is 6.09 Å². The predicted molar refractivity (Wildman–Crippen MR) is 109 cm³/mol. The van der Waals surface area contributed by atoms with E-state index in [4.69, 9.17) is 14.2 Å². The molecule has 1 rings (SSSR count). The van der Waals surface area contributed by atoms with Crippen LogP contribution in [0.25, 0.3) is 0 Å². The molecular formula is C21H34N2O5. The second kappa shape index (κ2) is 10.8. The molecule has 1 aromatic rings. The molecule has 2 amide bonds. The number of ether oxygens (including phenoxy) is 3. The van der Waals surface area contributed by atoms with Crippen molar-refractivity contribution < 1.29 is 23.8 Å². The Balaban J connectivity index is 2.64. The summed E-state index contributed by atoms with van der Waals surface area (Å²) >= 11 is 0. The molecule has 0 radical (unpaired) electrons. The molecule has 1 aromatic carbocycles. The summed E-state index contributed by atoms with van der Waals surface area (Å²) in [4.78, 5) is 24.6. The van der Waals surface area contributed by atoms with Crippen molar-refractivity contribution in [3.05, 3.63) is 23.8 Å². The average molecular weight is 395 g/mol. The number of hydrogen-bond donors (Lipinski definition) is 2. The number of carbonyl (C=O) groups excluding carboxylic acids is 2. The van der Waals surface area contributed by atoms with E-state index in [1.54, 1.807) is 35.0 Å². The summed E-state index contributed by atoms with van der Waals surface area (Å²) in [6, 6.07) is 5.01. The minimum atomic E-state index is -0.639. The maximum Gasteiger partial charge on any atom is 0.408 e. The summed E-state index contributed by atoms with van der Waals surface area (Å²) in [5.74, 6) is 1.33. The molecule has 0 aliphatic rings. The molecule has 0 saturated carbocycles. The van der Waals surface area contributed by atoms with Crippen LogP contribution in [0.15, 0.2) is 18.2 Å². The van der Waals surface area contributed by atoms with Crippen molar-refractivity contribution >= 4 is 12.0 Å². The van der Waals surface area contributed by atoms with E-state index in [0.29, 0.717) is 30.9 Å². The number of rotatable bonds is 9. The zero-order valence-electron chi connectivity index (χ0n) is 18.0. The van der Waals surface area contributed by atoms with Crippen molar-refractivity contribution in [1.82, 2.24) is 10.6 Å². The molecule has 7 heteroatoms. The lowest BCUT2D eigenvalue weighted by molar-refractivity contribution is -0.123. The zero-order valence-corrected chi connectivity index (χ0v) is 18.0. The lowest BCUT2D eigenvalue weighted by Crippen LogP contribution is -2.49. The van der Waals surface area contributed by atoms with Gasteiger partial charge in [-0.15, -0.1) is 0 Å². The molecule has 28 heavy (non-hydrogen) atoms. The van der Waals surface area contributed by atoms with Gasteiger partial charge in [0.1, 0.15) is 11.6 Å². The Bertz CT molecular complexity index is 653. The van der Waals surface area contributed by atoms with Crippen LogP contribution >= 0.6 is 0 Å². The molecule has 0 heterocycles. The Morgan fingerprint density at radius 1 is 1.07 bits per heavy atom. The van der Waals surface area contributed by atoms with E-state index in [1.807, 2.05) is 32.0 Å². The third-order valence-corrected chi connectivity index (χ3v) is 3.88. The molecule has 7 nitrogen and oxygen atoms in total. The first-order valence-electron chi connectivity index (χ1n) is 9.53. The van der Waals surface area contributed by atoms with Crippen LogP contribution in [0.2, 0.25) is 0 Å². The van der Waals surface area contributed by atoms with Gasteiger partial charge in [-0.05, 0) is 57.2 Å². The second-order valence-corrected chi connectivity index (χ2v) is 8.06. The van der Waals surface area contributed by atoms with Gasteiger partial charge in [0.05, 0.1) is 14.2 Å². The number of methoxy groups -OCH3 is 2. The van der Waals surface area contributed by atoms with E-state index >= 15 is 0 Å². The molecule has 158 valence electrons. The van der Waals surface area contributed by atoms with Crippen LogP contribution in [0.5, 0.6) is 11.5 Å². The van der Waals surface area contributed by atoms with Crippen LogP contribution in [-0.4, -0.2) is 44.4 Å². The van der Waals surface area contributed by atoms with Gasteiger partial charge in [-0.2, -0.15) is 0 Å². The molecule has 0 aliphatic carbocycles. The Labute approximate surface area is 168 Å². The van der Waals surface area contributed by atoms with E-state index < -0.39 is 17.7 Å². The van der Waals surface area contributed by atoms with Crippen molar-refractivity contribution in [3.63, 3.8) is 0 Å². The fraction of sp³-hybridized carbons (Fsp3) is 0.619. The highest BCUT2D eigenvalue weighted by Gasteiger charge is 2.24. The quantitative estimate of drug-likeness (QED) is 0.671. The largest absolute Gasteiger partial charge is 0.493 e. The van der Waals surface area contributed by atoms with Gasteiger partial charge < -0.3 is 24.8 Å². The third-order valence-electron chi connectivity index (χ3n) is 3.88. The second-order valence-electron chi connectivity index (χ2n) is 8.06. The minimum absolute atomic E-state index is 0.222.